The molecule has 3 rings (SSSR count). The van der Waals surface area contributed by atoms with Gasteiger partial charge in [0.15, 0.2) is 0 Å². The zero-order chi connectivity index (χ0) is 17.8. The number of rotatable bonds is 5. The molecule has 0 aliphatic carbocycles. The molecule has 1 aliphatic heterocycles. The number of benzene rings is 1. The zero-order valence-electron chi connectivity index (χ0n) is 15.2. The lowest BCUT2D eigenvalue weighted by atomic mass is 10.1. The van der Waals surface area contributed by atoms with Gasteiger partial charge in [-0.3, -0.25) is 14.7 Å². The Balaban J connectivity index is 1.68. The standard InChI is InChI=1S/C20H26N4O/c1-4-24(20(25)19-13-21-15(2)12-22-19)18-10-11-23(14-18)16(3)17-8-6-5-7-9-17/h5-9,12-13,16,18H,4,10-11,14H2,1-3H3/t16-,18-/m0/s1. The van der Waals surface area contributed by atoms with E-state index in [9.17, 15) is 4.79 Å². The maximum absolute atomic E-state index is 12.8. The fourth-order valence-electron chi connectivity index (χ4n) is 3.53. The van der Waals surface area contributed by atoms with E-state index in [1.54, 1.807) is 12.4 Å². The predicted octanol–water partition coefficient (Wildman–Crippen LogP) is 3.08. The molecule has 1 aromatic heterocycles. The third kappa shape index (κ3) is 3.87. The summed E-state index contributed by atoms with van der Waals surface area (Å²) >= 11 is 0. The smallest absolute Gasteiger partial charge is 0.274 e. The largest absolute Gasteiger partial charge is 0.333 e. The first kappa shape index (κ1) is 17.5. The van der Waals surface area contributed by atoms with E-state index in [-0.39, 0.29) is 11.9 Å². The molecule has 2 heterocycles. The molecule has 0 bridgehead atoms. The first-order valence-corrected chi connectivity index (χ1v) is 8.98. The van der Waals surface area contributed by atoms with Crippen LogP contribution in [0.4, 0.5) is 0 Å². The van der Waals surface area contributed by atoms with Gasteiger partial charge in [-0.25, -0.2) is 4.98 Å². The third-order valence-corrected chi connectivity index (χ3v) is 5.07. The van der Waals surface area contributed by atoms with Crippen LogP contribution in [0.2, 0.25) is 0 Å². The highest BCUT2D eigenvalue weighted by Crippen LogP contribution is 2.27. The van der Waals surface area contributed by atoms with Crippen LogP contribution in [0.5, 0.6) is 0 Å². The van der Waals surface area contributed by atoms with E-state index < -0.39 is 0 Å². The van der Waals surface area contributed by atoms with Gasteiger partial charge in [-0.2, -0.15) is 0 Å². The average Bonchev–Trinajstić information content (AvgIpc) is 3.12. The Kier molecular flexibility index (Phi) is 5.43. The summed E-state index contributed by atoms with van der Waals surface area (Å²) in [6, 6.07) is 11.1. The number of carbonyl (C=O) groups is 1. The summed E-state index contributed by atoms with van der Waals surface area (Å²) in [5, 5.41) is 0. The van der Waals surface area contributed by atoms with Gasteiger partial charge in [0.1, 0.15) is 5.69 Å². The highest BCUT2D eigenvalue weighted by molar-refractivity contribution is 5.92. The van der Waals surface area contributed by atoms with Crippen molar-refractivity contribution in [3.63, 3.8) is 0 Å². The maximum atomic E-state index is 12.8. The van der Waals surface area contributed by atoms with Crippen LogP contribution in [-0.2, 0) is 0 Å². The average molecular weight is 338 g/mol. The molecule has 5 heteroatoms. The first-order valence-electron chi connectivity index (χ1n) is 8.98. The minimum absolute atomic E-state index is 0.0192. The second kappa shape index (κ2) is 7.74. The number of hydrogen-bond donors (Lipinski definition) is 0. The molecule has 1 aliphatic rings. The van der Waals surface area contributed by atoms with Gasteiger partial charge in [-0.15, -0.1) is 0 Å². The topological polar surface area (TPSA) is 49.3 Å². The Morgan fingerprint density at radius 2 is 2.04 bits per heavy atom. The minimum Gasteiger partial charge on any atom is -0.333 e. The molecule has 132 valence electrons. The molecule has 1 fully saturated rings. The summed E-state index contributed by atoms with van der Waals surface area (Å²) < 4.78 is 0. The molecule has 1 aromatic carbocycles. The Labute approximate surface area is 149 Å². The van der Waals surface area contributed by atoms with Crippen LogP contribution >= 0.6 is 0 Å². The van der Waals surface area contributed by atoms with E-state index in [1.165, 1.54) is 5.56 Å². The van der Waals surface area contributed by atoms with Gasteiger partial charge in [0.05, 0.1) is 11.9 Å². The molecule has 0 saturated carbocycles. The fraction of sp³-hybridized carbons (Fsp3) is 0.450. The van der Waals surface area contributed by atoms with E-state index in [4.69, 9.17) is 0 Å². The summed E-state index contributed by atoms with van der Waals surface area (Å²) in [6.07, 6.45) is 4.23. The Morgan fingerprint density at radius 3 is 2.68 bits per heavy atom. The van der Waals surface area contributed by atoms with Crippen LogP contribution in [-0.4, -0.2) is 51.4 Å². The lowest BCUT2D eigenvalue weighted by Crippen LogP contribution is -2.42. The molecule has 25 heavy (non-hydrogen) atoms. The first-order chi connectivity index (χ1) is 12.1. The van der Waals surface area contributed by atoms with Gasteiger partial charge in [-0.1, -0.05) is 30.3 Å². The molecule has 2 atom stereocenters. The lowest BCUT2D eigenvalue weighted by molar-refractivity contribution is 0.0682. The molecule has 0 unspecified atom stereocenters. The maximum Gasteiger partial charge on any atom is 0.274 e. The van der Waals surface area contributed by atoms with Gasteiger partial charge in [0.25, 0.3) is 5.91 Å². The van der Waals surface area contributed by atoms with Crippen LogP contribution in [0.15, 0.2) is 42.7 Å². The number of likely N-dealkylation sites (N-methyl/N-ethyl adjacent to an activating group) is 1. The molecule has 1 amide bonds. The summed E-state index contributed by atoms with van der Waals surface area (Å²) in [5.41, 5.74) is 2.58. The van der Waals surface area contributed by atoms with Gasteiger partial charge in [-0.05, 0) is 32.8 Å². The number of aromatic nitrogens is 2. The van der Waals surface area contributed by atoms with Gasteiger partial charge in [0, 0.05) is 37.9 Å². The zero-order valence-corrected chi connectivity index (χ0v) is 15.2. The van der Waals surface area contributed by atoms with Gasteiger partial charge in [0.2, 0.25) is 0 Å². The number of aryl methyl sites for hydroxylation is 1. The molecule has 0 radical (unpaired) electrons. The molecule has 0 spiro atoms. The fourth-order valence-corrected chi connectivity index (χ4v) is 3.53. The van der Waals surface area contributed by atoms with Crippen molar-refractivity contribution >= 4 is 5.91 Å². The molecule has 1 saturated heterocycles. The van der Waals surface area contributed by atoms with Crippen molar-refractivity contribution in [1.29, 1.82) is 0 Å². The highest BCUT2D eigenvalue weighted by Gasteiger charge is 2.33. The minimum atomic E-state index is -0.0192. The third-order valence-electron chi connectivity index (χ3n) is 5.07. The summed E-state index contributed by atoms with van der Waals surface area (Å²) in [5.74, 6) is -0.0192. The molecule has 2 aromatic rings. The Bertz CT molecular complexity index is 701. The van der Waals surface area contributed by atoms with Crippen LogP contribution in [0, 0.1) is 6.92 Å². The Morgan fingerprint density at radius 1 is 1.28 bits per heavy atom. The quantitative estimate of drug-likeness (QED) is 0.841. The number of hydrogen-bond acceptors (Lipinski definition) is 4. The molecular formula is C20H26N4O. The second-order valence-corrected chi connectivity index (χ2v) is 6.66. The SMILES string of the molecule is CCN(C(=O)c1cnc(C)cn1)[C@H]1CCN([C@@H](C)c2ccccc2)C1. The Hall–Kier alpha value is -2.27. The monoisotopic (exact) mass is 338 g/mol. The summed E-state index contributed by atoms with van der Waals surface area (Å²) in [4.78, 5) is 25.7. The van der Waals surface area contributed by atoms with Crippen molar-refractivity contribution in [3.8, 4) is 0 Å². The summed E-state index contributed by atoms with van der Waals surface area (Å²) in [7, 11) is 0. The van der Waals surface area contributed by atoms with Gasteiger partial charge < -0.3 is 4.90 Å². The number of carbonyl (C=O) groups excluding carboxylic acids is 1. The van der Waals surface area contributed by atoms with Crippen molar-refractivity contribution in [2.24, 2.45) is 0 Å². The predicted molar refractivity (Wildman–Crippen MR) is 98.3 cm³/mol. The van der Waals surface area contributed by atoms with Crippen LogP contribution in [0.1, 0.15) is 48.1 Å². The van der Waals surface area contributed by atoms with Crippen molar-refractivity contribution < 1.29 is 4.79 Å². The van der Waals surface area contributed by atoms with Crippen molar-refractivity contribution in [3.05, 3.63) is 59.7 Å². The van der Waals surface area contributed by atoms with Crippen molar-refractivity contribution in [2.75, 3.05) is 19.6 Å². The van der Waals surface area contributed by atoms with Gasteiger partial charge >= 0.3 is 0 Å². The molecule has 0 N–H and O–H groups in total. The van der Waals surface area contributed by atoms with Crippen LogP contribution < -0.4 is 0 Å². The van der Waals surface area contributed by atoms with E-state index in [0.717, 1.165) is 25.2 Å². The van der Waals surface area contributed by atoms with Crippen molar-refractivity contribution in [1.82, 2.24) is 19.8 Å². The van der Waals surface area contributed by atoms with E-state index in [0.29, 0.717) is 18.3 Å². The summed E-state index contributed by atoms with van der Waals surface area (Å²) in [6.45, 7) is 8.73. The van der Waals surface area contributed by atoms with E-state index in [2.05, 4.69) is 46.1 Å². The second-order valence-electron chi connectivity index (χ2n) is 6.66. The normalized spacial score (nSPS) is 18.9. The molecular weight excluding hydrogens is 312 g/mol. The van der Waals surface area contributed by atoms with E-state index >= 15 is 0 Å². The number of likely N-dealkylation sites (tertiary alicyclic amines) is 1. The lowest BCUT2D eigenvalue weighted by Gasteiger charge is -2.29. The van der Waals surface area contributed by atoms with Crippen LogP contribution in [0.3, 0.4) is 0 Å². The highest BCUT2D eigenvalue weighted by atomic mass is 16.2. The van der Waals surface area contributed by atoms with Crippen molar-refractivity contribution in [2.45, 2.75) is 39.3 Å². The number of amides is 1. The van der Waals surface area contributed by atoms with Crippen LogP contribution in [0.25, 0.3) is 0 Å². The van der Waals surface area contributed by atoms with E-state index in [1.807, 2.05) is 24.8 Å². The molecule has 5 nitrogen and oxygen atoms in total. The number of nitrogens with zero attached hydrogens (tertiary/aromatic N) is 4.